The lowest BCUT2D eigenvalue weighted by Gasteiger charge is -2.38. The van der Waals surface area contributed by atoms with E-state index in [1.54, 1.807) is 6.20 Å². The first-order chi connectivity index (χ1) is 10.2. The van der Waals surface area contributed by atoms with Gasteiger partial charge in [0.25, 0.3) is 0 Å². The molecule has 0 aromatic heterocycles. The van der Waals surface area contributed by atoms with Crippen molar-refractivity contribution >= 4 is 12.2 Å². The summed E-state index contributed by atoms with van der Waals surface area (Å²) in [5.41, 5.74) is 1.39. The summed E-state index contributed by atoms with van der Waals surface area (Å²) in [6.45, 7) is 9.39. The molecular formula is C18H25NO3. The number of hydrogen-bond donors (Lipinski definition) is 1. The van der Waals surface area contributed by atoms with Crippen molar-refractivity contribution in [2.24, 2.45) is 5.92 Å². The number of aliphatic hydroxyl groups is 1. The Morgan fingerprint density at radius 3 is 2.50 bits per heavy atom. The zero-order valence-electron chi connectivity index (χ0n) is 13.9. The van der Waals surface area contributed by atoms with E-state index < -0.39 is 23.8 Å². The van der Waals surface area contributed by atoms with Crippen LogP contribution in [0.1, 0.15) is 51.8 Å². The molecule has 0 aliphatic carbocycles. The number of amides is 1. The highest BCUT2D eigenvalue weighted by Crippen LogP contribution is 2.36. The molecule has 2 rings (SSSR count). The number of nitrogens with zero attached hydrogens (tertiary/aromatic N) is 1. The van der Waals surface area contributed by atoms with E-state index in [9.17, 15) is 9.90 Å². The highest BCUT2D eigenvalue weighted by atomic mass is 16.6. The Morgan fingerprint density at radius 1 is 1.27 bits per heavy atom. The van der Waals surface area contributed by atoms with Crippen LogP contribution in [0.4, 0.5) is 4.79 Å². The van der Waals surface area contributed by atoms with Crippen molar-refractivity contribution in [2.75, 3.05) is 0 Å². The van der Waals surface area contributed by atoms with E-state index >= 15 is 0 Å². The lowest BCUT2D eigenvalue weighted by Crippen LogP contribution is -2.43. The maximum Gasteiger partial charge on any atom is 0.415 e. The van der Waals surface area contributed by atoms with E-state index in [-0.39, 0.29) is 5.92 Å². The van der Waals surface area contributed by atoms with Crippen LogP contribution in [0.5, 0.6) is 0 Å². The highest BCUT2D eigenvalue weighted by molar-refractivity contribution is 5.74. The van der Waals surface area contributed by atoms with E-state index in [0.29, 0.717) is 0 Å². The van der Waals surface area contributed by atoms with E-state index in [1.807, 2.05) is 65.0 Å². The summed E-state index contributed by atoms with van der Waals surface area (Å²) in [7, 11) is 0. The zero-order valence-corrected chi connectivity index (χ0v) is 13.9. The number of fused-ring (bicyclic) bond motifs is 1. The van der Waals surface area contributed by atoms with E-state index in [2.05, 4.69) is 0 Å². The van der Waals surface area contributed by atoms with Crippen LogP contribution in [0, 0.1) is 5.92 Å². The van der Waals surface area contributed by atoms with Crippen LogP contribution in [0.3, 0.4) is 0 Å². The van der Waals surface area contributed by atoms with E-state index in [1.165, 1.54) is 4.90 Å². The summed E-state index contributed by atoms with van der Waals surface area (Å²) in [6.07, 6.45) is 2.47. The molecule has 0 saturated carbocycles. The van der Waals surface area contributed by atoms with Crippen LogP contribution in [-0.2, 0) is 4.74 Å². The highest BCUT2D eigenvalue weighted by Gasteiger charge is 2.36. The largest absolute Gasteiger partial charge is 0.443 e. The SMILES string of the molecule is CC(C)C(O)C1c2ccccc2C=CN1C(=O)OC(C)(C)C. The molecule has 1 aliphatic heterocycles. The van der Waals surface area contributed by atoms with Crippen molar-refractivity contribution in [3.8, 4) is 0 Å². The molecule has 2 unspecified atom stereocenters. The topological polar surface area (TPSA) is 49.8 Å². The monoisotopic (exact) mass is 303 g/mol. The van der Waals surface area contributed by atoms with Gasteiger partial charge in [-0.05, 0) is 43.9 Å². The Balaban J connectivity index is 2.39. The number of hydrogen-bond acceptors (Lipinski definition) is 3. The second-order valence-electron chi connectivity index (χ2n) is 7.01. The molecule has 0 fully saturated rings. The predicted molar refractivity (Wildman–Crippen MR) is 87.1 cm³/mol. The lowest BCUT2D eigenvalue weighted by molar-refractivity contribution is -0.00256. The second kappa shape index (κ2) is 6.13. The van der Waals surface area contributed by atoms with Gasteiger partial charge in [-0.1, -0.05) is 38.1 Å². The van der Waals surface area contributed by atoms with Crippen LogP contribution in [-0.4, -0.2) is 27.8 Å². The molecular weight excluding hydrogens is 278 g/mol. The van der Waals surface area contributed by atoms with Gasteiger partial charge < -0.3 is 9.84 Å². The maximum absolute atomic E-state index is 12.5. The van der Waals surface area contributed by atoms with Gasteiger partial charge in [-0.3, -0.25) is 4.90 Å². The first-order valence-corrected chi connectivity index (χ1v) is 7.67. The molecule has 0 bridgehead atoms. The number of rotatable bonds is 2. The molecule has 0 saturated heterocycles. The van der Waals surface area contributed by atoms with Crippen molar-refractivity contribution in [1.82, 2.24) is 4.90 Å². The minimum Gasteiger partial charge on any atom is -0.443 e. The third-order valence-electron chi connectivity index (χ3n) is 3.64. The van der Waals surface area contributed by atoms with Crippen LogP contribution < -0.4 is 0 Å². The van der Waals surface area contributed by atoms with Crippen molar-refractivity contribution in [3.63, 3.8) is 0 Å². The first-order valence-electron chi connectivity index (χ1n) is 7.67. The zero-order chi connectivity index (χ0) is 16.5. The molecule has 22 heavy (non-hydrogen) atoms. The van der Waals surface area contributed by atoms with Gasteiger partial charge >= 0.3 is 6.09 Å². The molecule has 1 aromatic rings. The minimum absolute atomic E-state index is 0.0227. The molecule has 4 nitrogen and oxygen atoms in total. The number of aliphatic hydroxyl groups excluding tert-OH is 1. The van der Waals surface area contributed by atoms with E-state index in [4.69, 9.17) is 4.74 Å². The van der Waals surface area contributed by atoms with Crippen LogP contribution in [0.25, 0.3) is 6.08 Å². The van der Waals surface area contributed by atoms with Crippen molar-refractivity contribution in [2.45, 2.75) is 52.4 Å². The number of carbonyl (C=O) groups excluding carboxylic acids is 1. The maximum atomic E-state index is 12.5. The van der Waals surface area contributed by atoms with Crippen LogP contribution in [0.2, 0.25) is 0 Å². The van der Waals surface area contributed by atoms with Crippen LogP contribution in [0.15, 0.2) is 30.5 Å². The molecule has 120 valence electrons. The average molecular weight is 303 g/mol. The molecule has 0 spiro atoms. The van der Waals surface area contributed by atoms with Gasteiger partial charge in [0, 0.05) is 6.20 Å². The lowest BCUT2D eigenvalue weighted by atomic mass is 9.88. The molecule has 2 atom stereocenters. The molecule has 0 radical (unpaired) electrons. The van der Waals surface area contributed by atoms with Crippen molar-refractivity contribution in [1.29, 1.82) is 0 Å². The summed E-state index contributed by atoms with van der Waals surface area (Å²) < 4.78 is 5.48. The second-order valence-corrected chi connectivity index (χ2v) is 7.01. The summed E-state index contributed by atoms with van der Waals surface area (Å²) in [6, 6.07) is 7.37. The Hall–Kier alpha value is -1.81. The number of benzene rings is 1. The van der Waals surface area contributed by atoms with Crippen molar-refractivity contribution in [3.05, 3.63) is 41.6 Å². The normalized spacial score (nSPS) is 19.0. The standard InChI is InChI=1S/C18H25NO3/c1-12(2)16(20)15-14-9-7-6-8-13(14)10-11-19(15)17(21)22-18(3,4)5/h6-12,15-16,20H,1-5H3. The third-order valence-corrected chi connectivity index (χ3v) is 3.64. The quantitative estimate of drug-likeness (QED) is 0.899. The molecule has 1 heterocycles. The summed E-state index contributed by atoms with van der Waals surface area (Å²) in [5.74, 6) is 0.0227. The van der Waals surface area contributed by atoms with Gasteiger partial charge in [-0.2, -0.15) is 0 Å². The predicted octanol–water partition coefficient (Wildman–Crippen LogP) is 3.97. The summed E-state index contributed by atoms with van der Waals surface area (Å²) in [5, 5.41) is 10.6. The van der Waals surface area contributed by atoms with E-state index in [0.717, 1.165) is 11.1 Å². The van der Waals surface area contributed by atoms with Gasteiger partial charge in [0.2, 0.25) is 0 Å². The van der Waals surface area contributed by atoms with Gasteiger partial charge in [-0.25, -0.2) is 4.79 Å². The average Bonchev–Trinajstić information content (AvgIpc) is 2.43. The van der Waals surface area contributed by atoms with Crippen molar-refractivity contribution < 1.29 is 14.6 Å². The molecule has 1 aromatic carbocycles. The molecule has 1 N–H and O–H groups in total. The first kappa shape index (κ1) is 16.6. The van der Waals surface area contributed by atoms with Crippen LogP contribution >= 0.6 is 0 Å². The summed E-state index contributed by atoms with van der Waals surface area (Å²) >= 11 is 0. The van der Waals surface area contributed by atoms with Gasteiger partial charge in [0.15, 0.2) is 0 Å². The Bertz CT molecular complexity index is 572. The number of ether oxygens (including phenoxy) is 1. The third kappa shape index (κ3) is 3.50. The smallest absolute Gasteiger partial charge is 0.415 e. The fourth-order valence-corrected chi connectivity index (χ4v) is 2.54. The van der Waals surface area contributed by atoms with Gasteiger partial charge in [-0.15, -0.1) is 0 Å². The van der Waals surface area contributed by atoms with Gasteiger partial charge in [0.05, 0.1) is 12.1 Å². The summed E-state index contributed by atoms with van der Waals surface area (Å²) in [4.78, 5) is 14.0. The Morgan fingerprint density at radius 2 is 1.91 bits per heavy atom. The minimum atomic E-state index is -0.668. The molecule has 1 aliphatic rings. The van der Waals surface area contributed by atoms with Gasteiger partial charge in [0.1, 0.15) is 5.60 Å². The molecule has 1 amide bonds. The fourth-order valence-electron chi connectivity index (χ4n) is 2.54. The Labute approximate surface area is 132 Å². The fraction of sp³-hybridized carbons (Fsp3) is 0.500. The number of carbonyl (C=O) groups is 1. The molecule has 4 heteroatoms. The Kier molecular flexibility index (Phi) is 4.61.